The van der Waals surface area contributed by atoms with Gasteiger partial charge in [0.15, 0.2) is 0 Å². The van der Waals surface area contributed by atoms with Crippen molar-refractivity contribution in [2.45, 2.75) is 13.0 Å². The number of hydrogen-bond acceptors (Lipinski definition) is 5. The van der Waals surface area contributed by atoms with Crippen molar-refractivity contribution in [3.05, 3.63) is 77.9 Å². The van der Waals surface area contributed by atoms with Crippen LogP contribution in [-0.4, -0.2) is 23.6 Å². The first kappa shape index (κ1) is 17.7. The number of nitrogens with zero attached hydrogens (tertiary/aromatic N) is 2. The highest BCUT2D eigenvalue weighted by Crippen LogP contribution is 2.18. The zero-order valence-corrected chi connectivity index (χ0v) is 14.6. The standard InChI is InChI=1S/C20H21FN4O/c1-26-18-5-3-2-4-16(18)10-11-22-19-12-20(25-14-24-19)23-13-15-6-8-17(21)9-7-15/h2-9,12,14H,10-11,13H2,1H3,(H2,22,23,24,25). The van der Waals surface area contributed by atoms with Gasteiger partial charge in [-0.2, -0.15) is 0 Å². The number of aromatic nitrogens is 2. The van der Waals surface area contributed by atoms with Crippen molar-refractivity contribution in [3.8, 4) is 5.75 Å². The van der Waals surface area contributed by atoms with Gasteiger partial charge in [0.25, 0.3) is 0 Å². The smallest absolute Gasteiger partial charge is 0.131 e. The molecule has 26 heavy (non-hydrogen) atoms. The summed E-state index contributed by atoms with van der Waals surface area (Å²) in [5.41, 5.74) is 2.13. The molecular formula is C20H21FN4O. The van der Waals surface area contributed by atoms with Crippen molar-refractivity contribution >= 4 is 11.6 Å². The van der Waals surface area contributed by atoms with E-state index in [0.717, 1.165) is 35.7 Å². The van der Waals surface area contributed by atoms with E-state index in [4.69, 9.17) is 4.74 Å². The number of methoxy groups -OCH3 is 1. The Bertz CT molecular complexity index is 839. The number of rotatable bonds is 8. The summed E-state index contributed by atoms with van der Waals surface area (Å²) in [5, 5.41) is 6.51. The molecule has 0 aliphatic heterocycles. The highest BCUT2D eigenvalue weighted by molar-refractivity contribution is 5.47. The number of para-hydroxylation sites is 1. The van der Waals surface area contributed by atoms with E-state index in [1.807, 2.05) is 24.3 Å². The lowest BCUT2D eigenvalue weighted by molar-refractivity contribution is 0.410. The van der Waals surface area contributed by atoms with E-state index < -0.39 is 0 Å². The topological polar surface area (TPSA) is 59.1 Å². The second-order valence-corrected chi connectivity index (χ2v) is 5.76. The van der Waals surface area contributed by atoms with E-state index >= 15 is 0 Å². The predicted molar refractivity (Wildman–Crippen MR) is 101 cm³/mol. The van der Waals surface area contributed by atoms with E-state index in [1.54, 1.807) is 19.2 Å². The Kier molecular flexibility index (Phi) is 5.98. The number of ether oxygens (including phenoxy) is 1. The van der Waals surface area contributed by atoms with Gasteiger partial charge in [-0.15, -0.1) is 0 Å². The molecule has 3 aromatic rings. The van der Waals surface area contributed by atoms with Crippen LogP contribution in [-0.2, 0) is 13.0 Å². The maximum atomic E-state index is 12.9. The molecule has 5 nitrogen and oxygen atoms in total. The summed E-state index contributed by atoms with van der Waals surface area (Å²) in [6, 6.07) is 16.2. The molecule has 0 saturated heterocycles. The zero-order chi connectivity index (χ0) is 18.2. The number of anilines is 2. The molecule has 6 heteroatoms. The molecule has 2 aromatic carbocycles. The van der Waals surface area contributed by atoms with Gasteiger partial charge in [-0.1, -0.05) is 30.3 Å². The molecule has 1 aromatic heterocycles. The molecular weight excluding hydrogens is 331 g/mol. The Morgan fingerprint density at radius 2 is 1.69 bits per heavy atom. The van der Waals surface area contributed by atoms with E-state index in [-0.39, 0.29) is 5.82 Å². The van der Waals surface area contributed by atoms with Gasteiger partial charge in [-0.25, -0.2) is 14.4 Å². The molecule has 0 aliphatic rings. The third-order valence-electron chi connectivity index (χ3n) is 3.95. The lowest BCUT2D eigenvalue weighted by Gasteiger charge is -2.10. The summed E-state index contributed by atoms with van der Waals surface area (Å²) >= 11 is 0. The quantitative estimate of drug-likeness (QED) is 0.644. The monoisotopic (exact) mass is 352 g/mol. The van der Waals surface area contributed by atoms with Crippen molar-refractivity contribution in [3.63, 3.8) is 0 Å². The maximum absolute atomic E-state index is 12.9. The average Bonchev–Trinajstić information content (AvgIpc) is 2.68. The Hall–Kier alpha value is -3.15. The maximum Gasteiger partial charge on any atom is 0.131 e. The van der Waals surface area contributed by atoms with Crippen LogP contribution in [0.5, 0.6) is 5.75 Å². The molecule has 0 fully saturated rings. The largest absolute Gasteiger partial charge is 0.496 e. The number of nitrogens with one attached hydrogen (secondary N) is 2. The van der Waals surface area contributed by atoms with Crippen LogP contribution in [0.1, 0.15) is 11.1 Å². The number of halogens is 1. The first-order valence-electron chi connectivity index (χ1n) is 8.41. The van der Waals surface area contributed by atoms with Crippen molar-refractivity contribution in [2.75, 3.05) is 24.3 Å². The minimum Gasteiger partial charge on any atom is -0.496 e. The third kappa shape index (κ3) is 4.92. The molecule has 0 atom stereocenters. The molecule has 0 amide bonds. The molecule has 0 saturated carbocycles. The molecule has 1 heterocycles. The van der Waals surface area contributed by atoms with Crippen molar-refractivity contribution < 1.29 is 9.13 Å². The lowest BCUT2D eigenvalue weighted by Crippen LogP contribution is -2.08. The second kappa shape index (κ2) is 8.80. The Morgan fingerprint density at radius 3 is 2.46 bits per heavy atom. The summed E-state index contributed by atoms with van der Waals surface area (Å²) in [6.45, 7) is 1.30. The van der Waals surface area contributed by atoms with Gasteiger partial charge in [0, 0.05) is 19.2 Å². The van der Waals surface area contributed by atoms with E-state index in [0.29, 0.717) is 12.4 Å². The van der Waals surface area contributed by atoms with Crippen LogP contribution in [0.25, 0.3) is 0 Å². The highest BCUT2D eigenvalue weighted by Gasteiger charge is 2.03. The van der Waals surface area contributed by atoms with Gasteiger partial charge in [-0.3, -0.25) is 0 Å². The fourth-order valence-electron chi connectivity index (χ4n) is 2.58. The Morgan fingerprint density at radius 1 is 0.962 bits per heavy atom. The van der Waals surface area contributed by atoms with Gasteiger partial charge in [0.05, 0.1) is 7.11 Å². The van der Waals surface area contributed by atoms with Gasteiger partial charge in [0.1, 0.15) is 29.5 Å². The SMILES string of the molecule is COc1ccccc1CCNc1cc(NCc2ccc(F)cc2)ncn1. The van der Waals surface area contributed by atoms with Gasteiger partial charge in [0.2, 0.25) is 0 Å². The predicted octanol–water partition coefficient (Wildman–Crippen LogP) is 3.89. The third-order valence-corrected chi connectivity index (χ3v) is 3.95. The number of benzene rings is 2. The van der Waals surface area contributed by atoms with E-state index in [1.165, 1.54) is 18.5 Å². The molecule has 0 spiro atoms. The Labute approximate surface area is 152 Å². The first-order valence-corrected chi connectivity index (χ1v) is 8.41. The van der Waals surface area contributed by atoms with Crippen LogP contribution in [0.4, 0.5) is 16.0 Å². The van der Waals surface area contributed by atoms with Gasteiger partial charge < -0.3 is 15.4 Å². The summed E-state index contributed by atoms with van der Waals surface area (Å²) in [5.74, 6) is 2.11. The van der Waals surface area contributed by atoms with Crippen molar-refractivity contribution in [1.82, 2.24) is 9.97 Å². The van der Waals surface area contributed by atoms with E-state index in [9.17, 15) is 4.39 Å². The van der Waals surface area contributed by atoms with Crippen molar-refractivity contribution in [1.29, 1.82) is 0 Å². The molecule has 0 bridgehead atoms. The van der Waals surface area contributed by atoms with Crippen LogP contribution < -0.4 is 15.4 Å². The minimum atomic E-state index is -0.239. The minimum absolute atomic E-state index is 0.239. The molecule has 3 rings (SSSR count). The van der Waals surface area contributed by atoms with Crippen LogP contribution >= 0.6 is 0 Å². The second-order valence-electron chi connectivity index (χ2n) is 5.76. The molecule has 0 unspecified atom stereocenters. The average molecular weight is 352 g/mol. The summed E-state index contributed by atoms with van der Waals surface area (Å²) in [7, 11) is 1.68. The van der Waals surface area contributed by atoms with E-state index in [2.05, 4.69) is 26.7 Å². The summed E-state index contributed by atoms with van der Waals surface area (Å²) in [6.07, 6.45) is 2.34. The molecule has 0 aliphatic carbocycles. The lowest BCUT2D eigenvalue weighted by atomic mass is 10.1. The molecule has 0 radical (unpaired) electrons. The van der Waals surface area contributed by atoms with Crippen LogP contribution in [0.15, 0.2) is 60.9 Å². The van der Waals surface area contributed by atoms with Gasteiger partial charge >= 0.3 is 0 Å². The fourth-order valence-corrected chi connectivity index (χ4v) is 2.58. The van der Waals surface area contributed by atoms with Crippen LogP contribution in [0, 0.1) is 5.82 Å². The first-order chi connectivity index (χ1) is 12.7. The summed E-state index contributed by atoms with van der Waals surface area (Å²) < 4.78 is 18.3. The molecule has 2 N–H and O–H groups in total. The zero-order valence-electron chi connectivity index (χ0n) is 14.6. The fraction of sp³-hybridized carbons (Fsp3) is 0.200. The summed E-state index contributed by atoms with van der Waals surface area (Å²) in [4.78, 5) is 8.45. The molecule has 134 valence electrons. The van der Waals surface area contributed by atoms with Crippen molar-refractivity contribution in [2.24, 2.45) is 0 Å². The highest BCUT2D eigenvalue weighted by atomic mass is 19.1. The Balaban J connectivity index is 1.53. The normalized spacial score (nSPS) is 10.4. The van der Waals surface area contributed by atoms with Gasteiger partial charge in [-0.05, 0) is 35.7 Å². The van der Waals surface area contributed by atoms with Crippen LogP contribution in [0.3, 0.4) is 0 Å². The van der Waals surface area contributed by atoms with Crippen LogP contribution in [0.2, 0.25) is 0 Å². The number of hydrogen-bond donors (Lipinski definition) is 2.